The standard InChI is InChI=1S/C27H31N3O/c1-28(2)24-13-7-21(8-14-24)19-20-27(31,22-9-15-25(16-10-22)29(3)4)23-11-17-26(18-12-23)30(5)6/h7-18,31H,1-6H3. The van der Waals surface area contributed by atoms with Crippen molar-refractivity contribution in [3.63, 3.8) is 0 Å². The van der Waals surface area contributed by atoms with Gasteiger partial charge in [-0.3, -0.25) is 0 Å². The van der Waals surface area contributed by atoms with Gasteiger partial charge in [0.1, 0.15) is 0 Å². The van der Waals surface area contributed by atoms with Gasteiger partial charge in [0.15, 0.2) is 5.60 Å². The summed E-state index contributed by atoms with van der Waals surface area (Å²) in [5.41, 5.74) is 4.18. The molecule has 3 aromatic rings. The lowest BCUT2D eigenvalue weighted by atomic mass is 9.86. The van der Waals surface area contributed by atoms with E-state index in [1.54, 1.807) is 0 Å². The maximum absolute atomic E-state index is 11.8. The number of anilines is 3. The molecule has 0 fully saturated rings. The molecule has 0 bridgehead atoms. The third-order valence-corrected chi connectivity index (χ3v) is 5.37. The summed E-state index contributed by atoms with van der Waals surface area (Å²) in [6.45, 7) is 0. The highest BCUT2D eigenvalue weighted by Crippen LogP contribution is 2.31. The van der Waals surface area contributed by atoms with Crippen LogP contribution in [0.5, 0.6) is 0 Å². The monoisotopic (exact) mass is 413 g/mol. The number of benzene rings is 3. The molecule has 0 saturated carbocycles. The molecule has 3 aromatic carbocycles. The van der Waals surface area contributed by atoms with Crippen molar-refractivity contribution in [1.29, 1.82) is 0 Å². The van der Waals surface area contributed by atoms with Crippen molar-refractivity contribution in [2.75, 3.05) is 57.0 Å². The van der Waals surface area contributed by atoms with Gasteiger partial charge in [-0.05, 0) is 48.5 Å². The molecular weight excluding hydrogens is 382 g/mol. The highest BCUT2D eigenvalue weighted by atomic mass is 16.3. The SMILES string of the molecule is CN(C)c1ccc(C#CC(O)(c2ccc(N(C)C)cc2)c2ccc(N(C)C)cc2)cc1. The van der Waals surface area contributed by atoms with Crippen LogP contribution in [0.1, 0.15) is 16.7 Å². The van der Waals surface area contributed by atoms with E-state index in [1.165, 1.54) is 0 Å². The Labute approximate surface area is 186 Å². The quantitative estimate of drug-likeness (QED) is 0.636. The van der Waals surface area contributed by atoms with Crippen LogP contribution in [0.25, 0.3) is 0 Å². The van der Waals surface area contributed by atoms with Gasteiger partial charge >= 0.3 is 0 Å². The number of hydrogen-bond donors (Lipinski definition) is 1. The first kappa shape index (κ1) is 22.3. The van der Waals surface area contributed by atoms with Crippen molar-refractivity contribution in [2.24, 2.45) is 0 Å². The molecule has 0 aliphatic carbocycles. The van der Waals surface area contributed by atoms with Crippen LogP contribution in [0.3, 0.4) is 0 Å². The van der Waals surface area contributed by atoms with Gasteiger partial charge in [-0.25, -0.2) is 0 Å². The molecule has 0 heterocycles. The number of aliphatic hydroxyl groups is 1. The van der Waals surface area contributed by atoms with Crippen molar-refractivity contribution >= 4 is 17.1 Å². The Kier molecular flexibility index (Phi) is 6.58. The fraction of sp³-hybridized carbons (Fsp3) is 0.259. The van der Waals surface area contributed by atoms with Crippen molar-refractivity contribution in [3.05, 3.63) is 89.5 Å². The van der Waals surface area contributed by atoms with Crippen LogP contribution in [-0.4, -0.2) is 47.4 Å². The Balaban J connectivity index is 2.06. The summed E-state index contributed by atoms with van der Waals surface area (Å²) in [6, 6.07) is 23.8. The highest BCUT2D eigenvalue weighted by molar-refractivity contribution is 5.56. The summed E-state index contributed by atoms with van der Waals surface area (Å²) in [4.78, 5) is 6.12. The maximum atomic E-state index is 11.8. The summed E-state index contributed by atoms with van der Waals surface area (Å²) in [5.74, 6) is 6.34. The van der Waals surface area contributed by atoms with Gasteiger partial charge in [0.05, 0.1) is 0 Å². The summed E-state index contributed by atoms with van der Waals surface area (Å²) < 4.78 is 0. The van der Waals surface area contributed by atoms with E-state index in [0.717, 1.165) is 33.8 Å². The Morgan fingerprint density at radius 1 is 0.548 bits per heavy atom. The Hall–Kier alpha value is -3.42. The zero-order valence-electron chi connectivity index (χ0n) is 19.2. The molecular formula is C27H31N3O. The van der Waals surface area contributed by atoms with Crippen LogP contribution >= 0.6 is 0 Å². The largest absolute Gasteiger partial charge is 0.378 e. The van der Waals surface area contributed by atoms with Gasteiger partial charge in [0, 0.05) is 76.0 Å². The normalized spacial score (nSPS) is 10.8. The second-order valence-electron chi connectivity index (χ2n) is 8.28. The molecule has 0 unspecified atom stereocenters. The highest BCUT2D eigenvalue weighted by Gasteiger charge is 2.29. The molecule has 31 heavy (non-hydrogen) atoms. The van der Waals surface area contributed by atoms with Crippen LogP contribution in [0.4, 0.5) is 17.1 Å². The molecule has 0 aliphatic rings. The molecule has 0 amide bonds. The van der Waals surface area contributed by atoms with E-state index in [4.69, 9.17) is 0 Å². The van der Waals surface area contributed by atoms with E-state index in [9.17, 15) is 5.11 Å². The average Bonchev–Trinajstić information content (AvgIpc) is 2.77. The van der Waals surface area contributed by atoms with Crippen molar-refractivity contribution in [3.8, 4) is 11.8 Å². The summed E-state index contributed by atoms with van der Waals surface area (Å²) in [7, 11) is 12.0. The van der Waals surface area contributed by atoms with E-state index in [0.29, 0.717) is 0 Å². The van der Waals surface area contributed by atoms with Crippen LogP contribution in [0.2, 0.25) is 0 Å². The number of nitrogens with zero attached hydrogens (tertiary/aromatic N) is 3. The minimum absolute atomic E-state index is 0.744. The molecule has 0 aliphatic heterocycles. The van der Waals surface area contributed by atoms with Crippen LogP contribution in [-0.2, 0) is 5.60 Å². The third kappa shape index (κ3) is 5.02. The minimum atomic E-state index is -1.42. The molecule has 0 radical (unpaired) electrons. The van der Waals surface area contributed by atoms with Crippen LogP contribution in [0, 0.1) is 11.8 Å². The predicted molar refractivity (Wildman–Crippen MR) is 132 cm³/mol. The first-order valence-electron chi connectivity index (χ1n) is 10.3. The Morgan fingerprint density at radius 2 is 0.871 bits per heavy atom. The van der Waals surface area contributed by atoms with E-state index in [2.05, 4.69) is 11.8 Å². The molecule has 4 heteroatoms. The molecule has 4 nitrogen and oxygen atoms in total. The van der Waals surface area contributed by atoms with Gasteiger partial charge in [-0.15, -0.1) is 0 Å². The number of hydrogen-bond acceptors (Lipinski definition) is 4. The fourth-order valence-corrected chi connectivity index (χ4v) is 3.32. The summed E-state index contributed by atoms with van der Waals surface area (Å²) in [6.07, 6.45) is 0. The molecule has 0 saturated heterocycles. The number of rotatable bonds is 5. The van der Waals surface area contributed by atoms with Crippen molar-refractivity contribution < 1.29 is 5.11 Å². The second-order valence-corrected chi connectivity index (χ2v) is 8.28. The Bertz CT molecular complexity index is 1000. The topological polar surface area (TPSA) is 30.0 Å². The predicted octanol–water partition coefficient (Wildman–Crippen LogP) is 4.17. The van der Waals surface area contributed by atoms with Gasteiger partial charge < -0.3 is 19.8 Å². The molecule has 1 N–H and O–H groups in total. The first-order valence-corrected chi connectivity index (χ1v) is 10.3. The molecule has 160 valence electrons. The van der Waals surface area contributed by atoms with Gasteiger partial charge in [0.2, 0.25) is 0 Å². The smallest absolute Gasteiger partial charge is 0.177 e. The lowest BCUT2D eigenvalue weighted by molar-refractivity contribution is 0.145. The lowest BCUT2D eigenvalue weighted by Gasteiger charge is -2.25. The van der Waals surface area contributed by atoms with Gasteiger partial charge in [-0.1, -0.05) is 36.1 Å². The molecule has 3 rings (SSSR count). The zero-order valence-corrected chi connectivity index (χ0v) is 19.2. The maximum Gasteiger partial charge on any atom is 0.177 e. The average molecular weight is 414 g/mol. The van der Waals surface area contributed by atoms with Crippen molar-refractivity contribution in [2.45, 2.75) is 5.60 Å². The third-order valence-electron chi connectivity index (χ3n) is 5.37. The van der Waals surface area contributed by atoms with E-state index < -0.39 is 5.60 Å². The van der Waals surface area contributed by atoms with Gasteiger partial charge in [-0.2, -0.15) is 0 Å². The zero-order chi connectivity index (χ0) is 22.6. The van der Waals surface area contributed by atoms with Crippen LogP contribution < -0.4 is 14.7 Å². The second kappa shape index (κ2) is 9.16. The van der Waals surface area contributed by atoms with E-state index >= 15 is 0 Å². The van der Waals surface area contributed by atoms with E-state index in [-0.39, 0.29) is 0 Å². The molecule has 0 aromatic heterocycles. The van der Waals surface area contributed by atoms with Crippen molar-refractivity contribution in [1.82, 2.24) is 0 Å². The molecule has 0 atom stereocenters. The lowest BCUT2D eigenvalue weighted by Crippen LogP contribution is -2.25. The first-order chi connectivity index (χ1) is 14.7. The Morgan fingerprint density at radius 3 is 1.19 bits per heavy atom. The summed E-state index contributed by atoms with van der Waals surface area (Å²) in [5, 5.41) is 11.8. The molecule has 0 spiro atoms. The van der Waals surface area contributed by atoms with Crippen LogP contribution in [0.15, 0.2) is 72.8 Å². The minimum Gasteiger partial charge on any atom is -0.378 e. The fourth-order valence-electron chi connectivity index (χ4n) is 3.32. The van der Waals surface area contributed by atoms with E-state index in [1.807, 2.05) is 130 Å². The van der Waals surface area contributed by atoms with Gasteiger partial charge in [0.25, 0.3) is 0 Å². The summed E-state index contributed by atoms with van der Waals surface area (Å²) >= 11 is 0.